The van der Waals surface area contributed by atoms with Gasteiger partial charge >= 0.3 is 0 Å². The molecule has 0 radical (unpaired) electrons. The molecule has 5 aromatic rings. The van der Waals surface area contributed by atoms with Crippen molar-refractivity contribution >= 4 is 11.0 Å². The van der Waals surface area contributed by atoms with Crippen molar-refractivity contribution in [3.05, 3.63) is 90.5 Å². The molecule has 0 bridgehead atoms. The summed E-state index contributed by atoms with van der Waals surface area (Å²) in [4.78, 5) is 7.37. The van der Waals surface area contributed by atoms with Gasteiger partial charge < -0.3 is 4.98 Å². The van der Waals surface area contributed by atoms with Crippen molar-refractivity contribution in [2.75, 3.05) is 0 Å². The van der Waals surface area contributed by atoms with Crippen LogP contribution in [-0.4, -0.2) is 24.8 Å². The Kier molecular flexibility index (Phi) is 4.09. The molecule has 0 aliphatic carbocycles. The first-order chi connectivity index (χ1) is 14.2. The SMILES string of the molecule is Fc1cccc(-c2nc3cn[n+](Cc4ccc(-n5cccn5)cc4)cc3[nH]2)c1F. The molecule has 0 saturated carbocycles. The van der Waals surface area contributed by atoms with E-state index in [9.17, 15) is 8.78 Å². The van der Waals surface area contributed by atoms with E-state index in [1.165, 1.54) is 12.1 Å². The number of H-pyrrole nitrogens is 1. The van der Waals surface area contributed by atoms with Crippen molar-refractivity contribution in [2.24, 2.45) is 0 Å². The molecule has 5 rings (SSSR count). The Labute approximate surface area is 164 Å². The maximum absolute atomic E-state index is 14.1. The summed E-state index contributed by atoms with van der Waals surface area (Å²) < 4.78 is 31.1. The number of hydrogen-bond donors (Lipinski definition) is 1. The Morgan fingerprint density at radius 3 is 2.69 bits per heavy atom. The summed E-state index contributed by atoms with van der Waals surface area (Å²) in [6.45, 7) is 0.554. The maximum atomic E-state index is 14.1. The van der Waals surface area contributed by atoms with Crippen molar-refractivity contribution in [3.8, 4) is 17.1 Å². The van der Waals surface area contributed by atoms with Crippen LogP contribution in [0.15, 0.2) is 73.3 Å². The van der Waals surface area contributed by atoms with Crippen molar-refractivity contribution in [3.63, 3.8) is 0 Å². The van der Waals surface area contributed by atoms with Crippen LogP contribution in [0.5, 0.6) is 0 Å². The van der Waals surface area contributed by atoms with Crippen molar-refractivity contribution in [2.45, 2.75) is 6.54 Å². The van der Waals surface area contributed by atoms with Gasteiger partial charge in [-0.3, -0.25) is 0 Å². The highest BCUT2D eigenvalue weighted by Crippen LogP contribution is 2.23. The zero-order valence-corrected chi connectivity index (χ0v) is 15.1. The Hall–Kier alpha value is -3.94. The smallest absolute Gasteiger partial charge is 0.222 e. The van der Waals surface area contributed by atoms with Crippen molar-refractivity contribution in [1.82, 2.24) is 24.8 Å². The Bertz CT molecular complexity index is 1290. The van der Waals surface area contributed by atoms with Gasteiger partial charge in [-0.15, -0.1) is 0 Å². The summed E-state index contributed by atoms with van der Waals surface area (Å²) in [5, 5.41) is 8.58. The second-order valence-electron chi connectivity index (χ2n) is 6.57. The number of rotatable bonds is 4. The molecule has 6 nitrogen and oxygen atoms in total. The normalized spacial score (nSPS) is 11.2. The number of fused-ring (bicyclic) bond motifs is 1. The van der Waals surface area contributed by atoms with Crippen LogP contribution in [0.4, 0.5) is 8.78 Å². The van der Waals surface area contributed by atoms with Gasteiger partial charge in [-0.25, -0.2) is 18.4 Å². The predicted octanol–water partition coefficient (Wildman–Crippen LogP) is 3.42. The lowest BCUT2D eigenvalue weighted by Gasteiger charge is -2.02. The van der Waals surface area contributed by atoms with Crippen LogP contribution in [0.3, 0.4) is 0 Å². The Morgan fingerprint density at radius 1 is 1.03 bits per heavy atom. The number of nitrogens with zero attached hydrogens (tertiary/aromatic N) is 5. The lowest BCUT2D eigenvalue weighted by Crippen LogP contribution is -2.37. The van der Waals surface area contributed by atoms with Crippen LogP contribution in [0, 0.1) is 11.6 Å². The molecule has 0 fully saturated rings. The molecule has 8 heteroatoms. The Balaban J connectivity index is 1.42. The maximum Gasteiger partial charge on any atom is 0.222 e. The van der Waals surface area contributed by atoms with E-state index in [1.807, 2.05) is 36.5 Å². The van der Waals surface area contributed by atoms with E-state index in [-0.39, 0.29) is 11.4 Å². The van der Waals surface area contributed by atoms with Gasteiger partial charge in [0.05, 0.1) is 11.3 Å². The largest absolute Gasteiger partial charge is 0.333 e. The molecule has 142 valence electrons. The summed E-state index contributed by atoms with van der Waals surface area (Å²) in [6.07, 6.45) is 7.02. The monoisotopic (exact) mass is 389 g/mol. The number of hydrogen-bond acceptors (Lipinski definition) is 3. The first-order valence-corrected chi connectivity index (χ1v) is 8.96. The molecule has 29 heavy (non-hydrogen) atoms. The summed E-state index contributed by atoms with van der Waals surface area (Å²) >= 11 is 0. The van der Waals surface area contributed by atoms with Gasteiger partial charge in [0.25, 0.3) is 0 Å². The molecule has 0 saturated heterocycles. The highest BCUT2D eigenvalue weighted by molar-refractivity contribution is 5.77. The number of benzene rings is 2. The molecule has 0 spiro atoms. The molecule has 0 aliphatic rings. The predicted molar refractivity (Wildman–Crippen MR) is 102 cm³/mol. The summed E-state index contributed by atoms with van der Waals surface area (Å²) in [5.41, 5.74) is 3.39. The average molecular weight is 389 g/mol. The van der Waals surface area contributed by atoms with Crippen LogP contribution in [0.25, 0.3) is 28.1 Å². The molecule has 3 heterocycles. The highest BCUT2D eigenvalue weighted by atomic mass is 19.2. The molecule has 0 amide bonds. The average Bonchev–Trinajstić information content (AvgIpc) is 3.40. The van der Waals surface area contributed by atoms with Gasteiger partial charge in [-0.2, -0.15) is 5.10 Å². The third-order valence-corrected chi connectivity index (χ3v) is 4.62. The van der Waals surface area contributed by atoms with Gasteiger partial charge in [-0.05, 0) is 35.4 Å². The topological polar surface area (TPSA) is 63.3 Å². The molecular weight excluding hydrogens is 374 g/mol. The fourth-order valence-electron chi connectivity index (χ4n) is 3.17. The first-order valence-electron chi connectivity index (χ1n) is 8.96. The highest BCUT2D eigenvalue weighted by Gasteiger charge is 2.16. The van der Waals surface area contributed by atoms with E-state index in [4.69, 9.17) is 0 Å². The molecule has 0 aliphatic heterocycles. The Morgan fingerprint density at radius 2 is 1.90 bits per heavy atom. The first kappa shape index (κ1) is 17.2. The minimum atomic E-state index is -0.926. The summed E-state index contributed by atoms with van der Waals surface area (Å²) in [5.74, 6) is -1.57. The zero-order valence-electron chi connectivity index (χ0n) is 15.1. The fourth-order valence-corrected chi connectivity index (χ4v) is 3.17. The van der Waals surface area contributed by atoms with E-state index in [0.29, 0.717) is 17.6 Å². The summed E-state index contributed by atoms with van der Waals surface area (Å²) in [6, 6.07) is 13.9. The number of imidazole rings is 1. The quantitative estimate of drug-likeness (QED) is 0.479. The molecule has 3 aromatic heterocycles. The molecule has 0 atom stereocenters. The van der Waals surface area contributed by atoms with E-state index >= 15 is 0 Å². The molecule has 2 aromatic carbocycles. The second kappa shape index (κ2) is 6.90. The van der Waals surface area contributed by atoms with Gasteiger partial charge in [0.1, 0.15) is 23.1 Å². The summed E-state index contributed by atoms with van der Waals surface area (Å²) in [7, 11) is 0. The van der Waals surface area contributed by atoms with E-state index in [0.717, 1.165) is 17.3 Å². The van der Waals surface area contributed by atoms with E-state index < -0.39 is 11.6 Å². The van der Waals surface area contributed by atoms with Crippen LogP contribution in [-0.2, 0) is 6.54 Å². The number of halogens is 2. The number of nitrogens with one attached hydrogen (secondary N) is 1. The number of aromatic nitrogens is 6. The van der Waals surface area contributed by atoms with Crippen LogP contribution in [0.2, 0.25) is 0 Å². The van der Waals surface area contributed by atoms with E-state index in [1.54, 1.807) is 28.0 Å². The lowest BCUT2D eigenvalue weighted by molar-refractivity contribution is -0.745. The third-order valence-electron chi connectivity index (χ3n) is 4.62. The van der Waals surface area contributed by atoms with Crippen LogP contribution in [0.1, 0.15) is 5.56 Å². The van der Waals surface area contributed by atoms with E-state index in [2.05, 4.69) is 20.2 Å². The minimum Gasteiger partial charge on any atom is -0.333 e. The lowest BCUT2D eigenvalue weighted by atomic mass is 10.2. The second-order valence-corrected chi connectivity index (χ2v) is 6.57. The van der Waals surface area contributed by atoms with Crippen molar-refractivity contribution < 1.29 is 13.5 Å². The number of aromatic amines is 1. The molecular formula is C21H15F2N6+. The van der Waals surface area contributed by atoms with Crippen LogP contribution >= 0.6 is 0 Å². The fraction of sp³-hybridized carbons (Fsp3) is 0.0476. The molecule has 0 unspecified atom stereocenters. The zero-order chi connectivity index (χ0) is 19.8. The van der Waals surface area contributed by atoms with Gasteiger partial charge in [-0.1, -0.05) is 22.9 Å². The minimum absolute atomic E-state index is 0.0851. The molecule has 1 N–H and O–H groups in total. The van der Waals surface area contributed by atoms with Gasteiger partial charge in [0, 0.05) is 18.0 Å². The van der Waals surface area contributed by atoms with Crippen LogP contribution < -0.4 is 4.68 Å². The van der Waals surface area contributed by atoms with Crippen molar-refractivity contribution in [1.29, 1.82) is 0 Å². The van der Waals surface area contributed by atoms with Gasteiger partial charge in [0.2, 0.25) is 6.20 Å². The third kappa shape index (κ3) is 3.25. The van der Waals surface area contributed by atoms with Gasteiger partial charge in [0.15, 0.2) is 18.2 Å². The standard InChI is InChI=1S/C21H14F2N6/c22-17-4-1-3-16(20(17)23)21-26-18-11-25-28(13-19(18)27-21)12-14-5-7-15(8-6-14)29-10-2-9-24-29/h1-11,13H,12H2/p+1.